The van der Waals surface area contributed by atoms with E-state index in [-0.39, 0.29) is 6.10 Å². The molecule has 2 N–H and O–H groups in total. The van der Waals surface area contributed by atoms with Gasteiger partial charge in [-0.25, -0.2) is 0 Å². The average Bonchev–Trinajstić information content (AvgIpc) is 3.06. The molecular weight excluding hydrogens is 342 g/mol. The molecule has 5 aliphatic rings. The normalized spacial score (nSPS) is 50.9. The van der Waals surface area contributed by atoms with Crippen molar-refractivity contribution >= 4 is 0 Å². The molecule has 3 fully saturated rings. The van der Waals surface area contributed by atoms with Crippen LogP contribution in [0.5, 0.6) is 0 Å². The van der Waals surface area contributed by atoms with Crippen LogP contribution < -0.4 is 5.32 Å². The van der Waals surface area contributed by atoms with E-state index in [4.69, 9.17) is 0 Å². The Labute approximate surface area is 172 Å². The van der Waals surface area contributed by atoms with Crippen LogP contribution in [0.25, 0.3) is 0 Å². The third-order valence-electron chi connectivity index (χ3n) is 10.1. The number of nitrogens with one attached hydrogen (secondary N) is 1. The lowest BCUT2D eigenvalue weighted by molar-refractivity contribution is -0.0540. The fraction of sp³-hybridized carbons (Fsp3) is 0.846. The first kappa shape index (κ1) is 19.4. The summed E-state index contributed by atoms with van der Waals surface area (Å²) < 4.78 is 0. The molecule has 0 aromatic carbocycles. The molecule has 1 saturated heterocycles. The van der Waals surface area contributed by atoms with Crippen LogP contribution in [0.15, 0.2) is 23.3 Å². The maximum atomic E-state index is 10.3. The minimum Gasteiger partial charge on any atom is -0.393 e. The van der Waals surface area contributed by atoms with Crippen molar-refractivity contribution in [2.45, 2.75) is 84.7 Å². The molecule has 1 aliphatic heterocycles. The first-order chi connectivity index (χ1) is 13.5. The van der Waals surface area contributed by atoms with Gasteiger partial charge in [-0.05, 0) is 105 Å². The Morgan fingerprint density at radius 3 is 2.68 bits per heavy atom. The lowest BCUT2D eigenvalue weighted by atomic mass is 9.45. The second-order valence-electron chi connectivity index (χ2n) is 11.3. The molecule has 0 amide bonds. The highest BCUT2D eigenvalue weighted by Crippen LogP contribution is 2.67. The van der Waals surface area contributed by atoms with Crippen molar-refractivity contribution in [1.29, 1.82) is 0 Å². The third kappa shape index (κ3) is 2.73. The number of allylic oxidation sites excluding steroid dienone is 2. The van der Waals surface area contributed by atoms with Crippen molar-refractivity contribution in [1.82, 2.24) is 5.32 Å². The van der Waals surface area contributed by atoms with Gasteiger partial charge in [0, 0.05) is 6.54 Å². The number of hydrogen-bond acceptors (Lipinski definition) is 2. The largest absolute Gasteiger partial charge is 0.393 e. The minimum atomic E-state index is -0.0965. The topological polar surface area (TPSA) is 32.3 Å². The van der Waals surface area contributed by atoms with Crippen LogP contribution in [0, 0.1) is 40.4 Å². The van der Waals surface area contributed by atoms with E-state index < -0.39 is 0 Å². The molecule has 8 atom stereocenters. The van der Waals surface area contributed by atoms with Crippen molar-refractivity contribution in [3.8, 4) is 0 Å². The molecule has 1 heterocycles. The monoisotopic (exact) mass is 383 g/mol. The lowest BCUT2D eigenvalue weighted by Crippen LogP contribution is -2.53. The zero-order valence-electron chi connectivity index (χ0n) is 18.3. The Kier molecular flexibility index (Phi) is 4.83. The van der Waals surface area contributed by atoms with Crippen LogP contribution in [-0.4, -0.2) is 24.3 Å². The van der Waals surface area contributed by atoms with Crippen molar-refractivity contribution in [2.75, 3.05) is 13.1 Å². The number of rotatable bonds is 2. The van der Waals surface area contributed by atoms with Gasteiger partial charge in [0.1, 0.15) is 0 Å². The van der Waals surface area contributed by atoms with Crippen LogP contribution in [-0.2, 0) is 0 Å². The molecule has 2 saturated carbocycles. The van der Waals surface area contributed by atoms with Gasteiger partial charge in [0.05, 0.1) is 6.10 Å². The second-order valence-corrected chi connectivity index (χ2v) is 11.3. The van der Waals surface area contributed by atoms with Gasteiger partial charge in [0.15, 0.2) is 0 Å². The van der Waals surface area contributed by atoms with E-state index in [1.165, 1.54) is 58.0 Å². The number of aliphatic hydroxyl groups is 1. The fourth-order valence-electron chi connectivity index (χ4n) is 8.55. The first-order valence-electron chi connectivity index (χ1n) is 12.3. The summed E-state index contributed by atoms with van der Waals surface area (Å²) in [7, 11) is 0. The van der Waals surface area contributed by atoms with E-state index in [2.05, 4.69) is 38.2 Å². The molecule has 3 unspecified atom stereocenters. The van der Waals surface area contributed by atoms with Gasteiger partial charge in [-0.3, -0.25) is 0 Å². The predicted molar refractivity (Wildman–Crippen MR) is 116 cm³/mol. The molecule has 4 aliphatic carbocycles. The Morgan fingerprint density at radius 1 is 1.11 bits per heavy atom. The molecule has 28 heavy (non-hydrogen) atoms. The summed E-state index contributed by atoms with van der Waals surface area (Å²) in [4.78, 5) is 0. The van der Waals surface area contributed by atoms with Crippen LogP contribution in [0.2, 0.25) is 0 Å². The standard InChI is InChI=1S/C26H41NO/c1-4-17-14-19-15-20(28)9-11-25(19,2)23-10-12-26(3)21(7-8-22(26)24(17)23)18-6-5-13-27-16-18/h7,14,17-18,20,22-24,27-28H,4-6,8-13,15-16H2,1-3H3/t17?,18?,20?,22-,23+,24-,25-,26+/m0/s1. The van der Waals surface area contributed by atoms with E-state index in [1.54, 1.807) is 5.57 Å². The summed E-state index contributed by atoms with van der Waals surface area (Å²) in [5, 5.41) is 14.0. The molecule has 0 aromatic rings. The highest BCUT2D eigenvalue weighted by molar-refractivity contribution is 5.32. The van der Waals surface area contributed by atoms with Crippen molar-refractivity contribution in [2.24, 2.45) is 40.4 Å². The Balaban J connectivity index is 1.48. The molecule has 2 nitrogen and oxygen atoms in total. The predicted octanol–water partition coefficient (Wildman–Crippen LogP) is 5.48. The summed E-state index contributed by atoms with van der Waals surface area (Å²) in [6.07, 6.45) is 16.5. The summed E-state index contributed by atoms with van der Waals surface area (Å²) in [6, 6.07) is 0. The van der Waals surface area contributed by atoms with E-state index in [9.17, 15) is 5.11 Å². The Hall–Kier alpha value is -0.600. The molecule has 5 rings (SSSR count). The molecule has 0 bridgehead atoms. The van der Waals surface area contributed by atoms with Gasteiger partial charge in [-0.2, -0.15) is 0 Å². The summed E-state index contributed by atoms with van der Waals surface area (Å²) in [6.45, 7) is 10.0. The fourth-order valence-corrected chi connectivity index (χ4v) is 8.55. The second kappa shape index (κ2) is 6.98. The minimum absolute atomic E-state index is 0.0965. The Morgan fingerprint density at radius 2 is 1.93 bits per heavy atom. The average molecular weight is 384 g/mol. The number of piperidine rings is 1. The SMILES string of the molecule is CCC1C=C2CC(O)CC[C@]2(C)[C@@H]2CC[C@]3(C)C(C4CCCNC4)=CC[C@H]3[C@H]12. The summed E-state index contributed by atoms with van der Waals surface area (Å²) >= 11 is 0. The van der Waals surface area contributed by atoms with Crippen molar-refractivity contribution in [3.63, 3.8) is 0 Å². The zero-order chi connectivity index (χ0) is 19.5. The number of fused-ring (bicyclic) bond motifs is 5. The molecule has 2 heteroatoms. The number of aliphatic hydroxyl groups excluding tert-OH is 1. The van der Waals surface area contributed by atoms with Gasteiger partial charge >= 0.3 is 0 Å². The smallest absolute Gasteiger partial charge is 0.0577 e. The molecular formula is C26H41NO. The highest BCUT2D eigenvalue weighted by atomic mass is 16.3. The van der Waals surface area contributed by atoms with Crippen LogP contribution in [0.4, 0.5) is 0 Å². The highest BCUT2D eigenvalue weighted by Gasteiger charge is 2.59. The summed E-state index contributed by atoms with van der Waals surface area (Å²) in [5.74, 6) is 4.03. The van der Waals surface area contributed by atoms with E-state index >= 15 is 0 Å². The molecule has 0 aromatic heterocycles. The van der Waals surface area contributed by atoms with Gasteiger partial charge in [0.25, 0.3) is 0 Å². The lowest BCUT2D eigenvalue weighted by Gasteiger charge is -2.60. The van der Waals surface area contributed by atoms with Gasteiger partial charge < -0.3 is 10.4 Å². The van der Waals surface area contributed by atoms with Gasteiger partial charge in [-0.15, -0.1) is 0 Å². The van der Waals surface area contributed by atoms with Gasteiger partial charge in [-0.1, -0.05) is 44.1 Å². The summed E-state index contributed by atoms with van der Waals surface area (Å²) in [5.41, 5.74) is 4.24. The van der Waals surface area contributed by atoms with E-state index in [1.807, 2.05) is 5.57 Å². The Bertz CT molecular complexity index is 674. The van der Waals surface area contributed by atoms with E-state index in [0.717, 1.165) is 42.4 Å². The van der Waals surface area contributed by atoms with E-state index in [0.29, 0.717) is 10.8 Å². The maximum absolute atomic E-state index is 10.3. The van der Waals surface area contributed by atoms with Crippen molar-refractivity contribution in [3.05, 3.63) is 23.3 Å². The van der Waals surface area contributed by atoms with Crippen LogP contribution >= 0.6 is 0 Å². The third-order valence-corrected chi connectivity index (χ3v) is 10.1. The molecule has 0 radical (unpaired) electrons. The van der Waals surface area contributed by atoms with Crippen molar-refractivity contribution < 1.29 is 5.11 Å². The molecule has 156 valence electrons. The molecule has 0 spiro atoms. The number of hydrogen-bond donors (Lipinski definition) is 2. The van der Waals surface area contributed by atoms with Crippen LogP contribution in [0.1, 0.15) is 78.6 Å². The van der Waals surface area contributed by atoms with Crippen LogP contribution in [0.3, 0.4) is 0 Å². The quantitative estimate of drug-likeness (QED) is 0.619. The van der Waals surface area contributed by atoms with Gasteiger partial charge in [0.2, 0.25) is 0 Å². The first-order valence-corrected chi connectivity index (χ1v) is 12.3. The maximum Gasteiger partial charge on any atom is 0.0577 e. The zero-order valence-corrected chi connectivity index (χ0v) is 18.3.